The van der Waals surface area contributed by atoms with Crippen LogP contribution in [-0.2, 0) is 0 Å². The van der Waals surface area contributed by atoms with Crippen molar-refractivity contribution in [1.82, 2.24) is 29.6 Å². The Bertz CT molecular complexity index is 728. The van der Waals surface area contributed by atoms with Crippen LogP contribution < -0.4 is 0 Å². The van der Waals surface area contributed by atoms with E-state index in [2.05, 4.69) is 24.7 Å². The van der Waals surface area contributed by atoms with Gasteiger partial charge in [0, 0.05) is 25.0 Å². The number of aromatic amines is 1. The van der Waals surface area contributed by atoms with Crippen LogP contribution in [0.5, 0.6) is 0 Å². The first-order chi connectivity index (χ1) is 11.3. The van der Waals surface area contributed by atoms with Gasteiger partial charge in [-0.15, -0.1) is 10.2 Å². The number of nitrogens with zero attached hydrogens (tertiary/aromatic N) is 5. The lowest BCUT2D eigenvalue weighted by molar-refractivity contribution is 0.0718. The second-order valence-electron chi connectivity index (χ2n) is 7.25. The van der Waals surface area contributed by atoms with E-state index in [1.807, 2.05) is 11.2 Å². The number of hydrogen-bond donors (Lipinski definition) is 1. The number of rotatable bonds is 3. The van der Waals surface area contributed by atoms with E-state index in [1.54, 1.807) is 12.5 Å². The van der Waals surface area contributed by atoms with Crippen molar-refractivity contribution < 1.29 is 4.79 Å². The summed E-state index contributed by atoms with van der Waals surface area (Å²) in [6.45, 7) is 1.57. The van der Waals surface area contributed by atoms with Crippen molar-refractivity contribution in [2.45, 2.75) is 44.1 Å². The van der Waals surface area contributed by atoms with Gasteiger partial charge in [-0.3, -0.25) is 4.79 Å². The van der Waals surface area contributed by atoms with Crippen molar-refractivity contribution in [3.8, 4) is 0 Å². The summed E-state index contributed by atoms with van der Waals surface area (Å²) in [5, 5.41) is 8.61. The third-order valence-corrected chi connectivity index (χ3v) is 5.87. The van der Waals surface area contributed by atoms with Gasteiger partial charge in [0.1, 0.15) is 17.8 Å². The molecule has 1 amide bonds. The topological polar surface area (TPSA) is 79.7 Å². The third kappa shape index (κ3) is 1.95. The second-order valence-corrected chi connectivity index (χ2v) is 7.25. The van der Waals surface area contributed by atoms with E-state index in [9.17, 15) is 4.79 Å². The summed E-state index contributed by atoms with van der Waals surface area (Å²) >= 11 is 0. The number of hydrogen-bond acceptors (Lipinski definition) is 4. The molecule has 3 fully saturated rings. The molecule has 2 saturated carbocycles. The maximum absolute atomic E-state index is 12.7. The molecule has 1 N–H and O–H groups in total. The molecule has 1 saturated heterocycles. The average Bonchev–Trinajstić information content (AvgIpc) is 3.01. The van der Waals surface area contributed by atoms with Crippen molar-refractivity contribution in [3.05, 3.63) is 30.4 Å². The molecule has 0 aromatic carbocycles. The van der Waals surface area contributed by atoms with Crippen LogP contribution in [-0.4, -0.2) is 48.6 Å². The number of H-pyrrole nitrogens is 1. The Kier molecular flexibility index (Phi) is 2.69. The first-order valence-corrected chi connectivity index (χ1v) is 8.44. The van der Waals surface area contributed by atoms with Crippen LogP contribution in [0.1, 0.15) is 60.4 Å². The zero-order valence-corrected chi connectivity index (χ0v) is 13.0. The molecular weight excluding hydrogens is 292 g/mol. The number of likely N-dealkylation sites (tertiary alicyclic amines) is 1. The quantitative estimate of drug-likeness (QED) is 0.936. The SMILES string of the molecule is O=C(c1cnc[nH]1)N1CC(c2nncn2C2CC2)C2(CCC2)C1. The number of nitrogens with one attached hydrogen (secondary N) is 1. The maximum Gasteiger partial charge on any atom is 0.271 e. The van der Waals surface area contributed by atoms with E-state index >= 15 is 0 Å². The fourth-order valence-electron chi connectivity index (χ4n) is 4.29. The van der Waals surface area contributed by atoms with Crippen LogP contribution in [0.25, 0.3) is 0 Å². The summed E-state index contributed by atoms with van der Waals surface area (Å²) in [6, 6.07) is 0.578. The monoisotopic (exact) mass is 312 g/mol. The Hall–Kier alpha value is -2.18. The highest BCUT2D eigenvalue weighted by molar-refractivity contribution is 5.92. The molecule has 2 aromatic heterocycles. The Morgan fingerprint density at radius 3 is 2.87 bits per heavy atom. The van der Waals surface area contributed by atoms with Gasteiger partial charge in [-0.05, 0) is 31.1 Å². The van der Waals surface area contributed by atoms with Crippen LogP contribution in [0.3, 0.4) is 0 Å². The summed E-state index contributed by atoms with van der Waals surface area (Å²) in [7, 11) is 0. The lowest BCUT2D eigenvalue weighted by atomic mass is 9.62. The van der Waals surface area contributed by atoms with Gasteiger partial charge < -0.3 is 14.5 Å². The first kappa shape index (κ1) is 13.3. The fourth-order valence-corrected chi connectivity index (χ4v) is 4.29. The molecule has 3 heterocycles. The van der Waals surface area contributed by atoms with E-state index in [4.69, 9.17) is 0 Å². The first-order valence-electron chi connectivity index (χ1n) is 8.44. The van der Waals surface area contributed by atoms with Crippen molar-refractivity contribution >= 4 is 5.91 Å². The van der Waals surface area contributed by atoms with E-state index in [0.717, 1.165) is 18.9 Å². The highest BCUT2D eigenvalue weighted by Crippen LogP contribution is 2.56. The number of aromatic nitrogens is 5. The molecule has 3 aliphatic rings. The van der Waals surface area contributed by atoms with Gasteiger partial charge in [-0.1, -0.05) is 6.42 Å². The number of imidazole rings is 1. The lowest BCUT2D eigenvalue weighted by Gasteiger charge is -2.42. The van der Waals surface area contributed by atoms with Crippen LogP contribution in [0, 0.1) is 5.41 Å². The molecule has 1 atom stereocenters. The standard InChI is InChI=1S/C16H20N6O/c23-15(13-6-17-9-18-13)21-7-12(16(8-21)4-1-5-16)14-20-19-10-22(14)11-2-3-11/h6,9-12H,1-5,7-8H2,(H,17,18). The van der Waals surface area contributed by atoms with Crippen molar-refractivity contribution in [3.63, 3.8) is 0 Å². The predicted octanol–water partition coefficient (Wildman–Crippen LogP) is 1.75. The number of carbonyl (C=O) groups is 1. The molecule has 0 radical (unpaired) electrons. The third-order valence-electron chi connectivity index (χ3n) is 5.87. The molecule has 7 heteroatoms. The van der Waals surface area contributed by atoms with Crippen LogP contribution in [0.2, 0.25) is 0 Å². The number of carbonyl (C=O) groups excluding carboxylic acids is 1. The highest BCUT2D eigenvalue weighted by Gasteiger charge is 2.54. The van der Waals surface area contributed by atoms with Gasteiger partial charge in [0.25, 0.3) is 5.91 Å². The van der Waals surface area contributed by atoms with Gasteiger partial charge in [-0.2, -0.15) is 0 Å². The molecule has 7 nitrogen and oxygen atoms in total. The molecule has 0 bridgehead atoms. The van der Waals surface area contributed by atoms with Crippen LogP contribution in [0.4, 0.5) is 0 Å². The zero-order valence-electron chi connectivity index (χ0n) is 13.0. The van der Waals surface area contributed by atoms with E-state index < -0.39 is 0 Å². The van der Waals surface area contributed by atoms with Crippen molar-refractivity contribution in [2.75, 3.05) is 13.1 Å². The molecular formula is C16H20N6O. The Labute approximate surface area is 134 Å². The minimum atomic E-state index is 0.0498. The summed E-state index contributed by atoms with van der Waals surface area (Å²) in [5.74, 6) is 1.45. The summed E-state index contributed by atoms with van der Waals surface area (Å²) in [4.78, 5) is 21.6. The van der Waals surface area contributed by atoms with E-state index in [1.165, 1.54) is 32.1 Å². The fraction of sp³-hybridized carbons (Fsp3) is 0.625. The minimum absolute atomic E-state index is 0.0498. The molecule has 2 aromatic rings. The maximum atomic E-state index is 12.7. The molecule has 23 heavy (non-hydrogen) atoms. The lowest BCUT2D eigenvalue weighted by Crippen LogP contribution is -2.38. The van der Waals surface area contributed by atoms with Gasteiger partial charge in [0.05, 0.1) is 12.5 Å². The second kappa shape index (κ2) is 4.66. The van der Waals surface area contributed by atoms with Crippen molar-refractivity contribution in [1.29, 1.82) is 0 Å². The highest BCUT2D eigenvalue weighted by atomic mass is 16.2. The Morgan fingerprint density at radius 2 is 2.22 bits per heavy atom. The predicted molar refractivity (Wildman–Crippen MR) is 81.8 cm³/mol. The number of amides is 1. The smallest absolute Gasteiger partial charge is 0.271 e. The average molecular weight is 312 g/mol. The minimum Gasteiger partial charge on any atom is -0.341 e. The van der Waals surface area contributed by atoms with Crippen LogP contribution >= 0.6 is 0 Å². The largest absolute Gasteiger partial charge is 0.341 e. The molecule has 1 unspecified atom stereocenters. The van der Waals surface area contributed by atoms with E-state index in [0.29, 0.717) is 17.7 Å². The van der Waals surface area contributed by atoms with Gasteiger partial charge in [0.2, 0.25) is 0 Å². The van der Waals surface area contributed by atoms with Crippen LogP contribution in [0.15, 0.2) is 18.9 Å². The molecule has 1 aliphatic heterocycles. The van der Waals surface area contributed by atoms with E-state index in [-0.39, 0.29) is 11.3 Å². The summed E-state index contributed by atoms with van der Waals surface area (Å²) < 4.78 is 2.26. The zero-order chi connectivity index (χ0) is 15.4. The van der Waals surface area contributed by atoms with Gasteiger partial charge >= 0.3 is 0 Å². The van der Waals surface area contributed by atoms with Gasteiger partial charge in [0.15, 0.2) is 0 Å². The molecule has 5 rings (SSSR count). The normalized spacial score (nSPS) is 25.7. The Morgan fingerprint density at radius 1 is 1.35 bits per heavy atom. The molecule has 120 valence electrons. The van der Waals surface area contributed by atoms with Crippen molar-refractivity contribution in [2.24, 2.45) is 5.41 Å². The molecule has 1 spiro atoms. The summed E-state index contributed by atoms with van der Waals surface area (Å²) in [6.07, 6.45) is 11.1. The molecule has 2 aliphatic carbocycles. The van der Waals surface area contributed by atoms with Gasteiger partial charge in [-0.25, -0.2) is 4.98 Å². The Balaban J connectivity index is 1.46. The summed E-state index contributed by atoms with van der Waals surface area (Å²) in [5.41, 5.74) is 0.777.